The Bertz CT molecular complexity index is 138. The zero-order valence-corrected chi connectivity index (χ0v) is 9.19. The lowest BCUT2D eigenvalue weighted by Gasteiger charge is -2.10. The molecule has 0 fully saturated rings. The van der Waals surface area contributed by atoms with Gasteiger partial charge in [-0.3, -0.25) is 4.21 Å². The lowest BCUT2D eigenvalue weighted by Crippen LogP contribution is -2.19. The summed E-state index contributed by atoms with van der Waals surface area (Å²) >= 11 is 0. The zero-order valence-electron chi connectivity index (χ0n) is 8.38. The second kappa shape index (κ2) is 6.61. The van der Waals surface area contributed by atoms with E-state index in [2.05, 4.69) is 6.92 Å². The molecule has 0 bridgehead atoms. The largest absolute Gasteiger partial charge is 0.328 e. The monoisotopic (exact) mass is 191 g/mol. The van der Waals surface area contributed by atoms with E-state index in [0.717, 1.165) is 25.7 Å². The molecule has 0 aliphatic carbocycles. The molecule has 0 rings (SSSR count). The molecule has 0 saturated carbocycles. The molecule has 0 radical (unpaired) electrons. The average molecular weight is 191 g/mol. The van der Waals surface area contributed by atoms with E-state index in [0.29, 0.717) is 11.3 Å². The van der Waals surface area contributed by atoms with E-state index in [1.165, 1.54) is 0 Å². The number of hydrogen-bond donors (Lipinski definition) is 1. The second-order valence-corrected chi connectivity index (χ2v) is 5.21. The molecule has 3 heteroatoms. The van der Waals surface area contributed by atoms with Crippen molar-refractivity contribution in [3.8, 4) is 0 Å². The predicted molar refractivity (Wildman–Crippen MR) is 55.6 cm³/mol. The van der Waals surface area contributed by atoms with Crippen LogP contribution in [0.25, 0.3) is 0 Å². The maximum Gasteiger partial charge on any atom is 0.0317 e. The molecule has 3 unspecified atom stereocenters. The van der Waals surface area contributed by atoms with Crippen molar-refractivity contribution in [3.63, 3.8) is 0 Å². The summed E-state index contributed by atoms with van der Waals surface area (Å²) in [5, 5.41) is 0.328. The molecule has 0 saturated heterocycles. The number of nitrogens with two attached hydrogens (primary N) is 1. The first-order valence-electron chi connectivity index (χ1n) is 4.65. The van der Waals surface area contributed by atoms with Crippen molar-refractivity contribution in [3.05, 3.63) is 0 Å². The first-order chi connectivity index (χ1) is 5.57. The van der Waals surface area contributed by atoms with Gasteiger partial charge in [-0.25, -0.2) is 0 Å². The standard InChI is InChI=1S/C9H21NOS/c1-4-9(10)7-5-6-8(2)12(3)11/h8-9H,4-7,10H2,1-3H3. The third-order valence-corrected chi connectivity index (χ3v) is 3.65. The molecule has 0 aliphatic rings. The van der Waals surface area contributed by atoms with E-state index in [1.807, 2.05) is 6.92 Å². The minimum absolute atomic E-state index is 0.328. The van der Waals surface area contributed by atoms with Crippen LogP contribution in [0.3, 0.4) is 0 Å². The van der Waals surface area contributed by atoms with Crippen molar-refractivity contribution in [1.82, 2.24) is 0 Å². The molecule has 2 nitrogen and oxygen atoms in total. The lowest BCUT2D eigenvalue weighted by atomic mass is 10.1. The first-order valence-corrected chi connectivity index (χ1v) is 6.27. The van der Waals surface area contributed by atoms with Crippen LogP contribution in [0.4, 0.5) is 0 Å². The highest BCUT2D eigenvalue weighted by molar-refractivity contribution is 7.84. The van der Waals surface area contributed by atoms with Gasteiger partial charge in [0, 0.05) is 28.3 Å². The molecule has 0 aromatic rings. The summed E-state index contributed by atoms with van der Waals surface area (Å²) < 4.78 is 11.0. The smallest absolute Gasteiger partial charge is 0.0317 e. The molecule has 74 valence electrons. The van der Waals surface area contributed by atoms with Crippen molar-refractivity contribution in [2.45, 2.75) is 50.8 Å². The third kappa shape index (κ3) is 5.72. The van der Waals surface area contributed by atoms with Gasteiger partial charge in [0.2, 0.25) is 0 Å². The SMILES string of the molecule is CCC(N)CCCC(C)S(C)=O. The number of hydrogen-bond acceptors (Lipinski definition) is 2. The maximum atomic E-state index is 11.0. The Kier molecular flexibility index (Phi) is 6.67. The summed E-state index contributed by atoms with van der Waals surface area (Å²) in [6, 6.07) is 0.336. The summed E-state index contributed by atoms with van der Waals surface area (Å²) in [6.45, 7) is 4.14. The zero-order chi connectivity index (χ0) is 9.56. The molecular weight excluding hydrogens is 170 g/mol. The molecule has 3 atom stereocenters. The van der Waals surface area contributed by atoms with E-state index in [9.17, 15) is 4.21 Å². The van der Waals surface area contributed by atoms with E-state index < -0.39 is 10.8 Å². The van der Waals surface area contributed by atoms with Gasteiger partial charge in [-0.05, 0) is 19.3 Å². The minimum Gasteiger partial charge on any atom is -0.328 e. The average Bonchev–Trinajstić information content (AvgIpc) is 2.03. The maximum absolute atomic E-state index is 11.0. The van der Waals surface area contributed by atoms with Crippen molar-refractivity contribution < 1.29 is 4.21 Å². The fourth-order valence-corrected chi connectivity index (χ4v) is 1.54. The van der Waals surface area contributed by atoms with Gasteiger partial charge in [0.15, 0.2) is 0 Å². The van der Waals surface area contributed by atoms with Gasteiger partial charge in [-0.2, -0.15) is 0 Å². The Morgan fingerprint density at radius 2 is 2.00 bits per heavy atom. The summed E-state index contributed by atoms with van der Waals surface area (Å²) in [4.78, 5) is 0. The predicted octanol–water partition coefficient (Wildman–Crippen LogP) is 1.66. The topological polar surface area (TPSA) is 43.1 Å². The highest BCUT2D eigenvalue weighted by Crippen LogP contribution is 2.07. The van der Waals surface area contributed by atoms with Crippen LogP contribution in [0.5, 0.6) is 0 Å². The molecule has 0 heterocycles. The Balaban J connectivity index is 3.37. The van der Waals surface area contributed by atoms with Crippen molar-refractivity contribution >= 4 is 10.8 Å². The Morgan fingerprint density at radius 3 is 2.42 bits per heavy atom. The van der Waals surface area contributed by atoms with E-state index >= 15 is 0 Å². The van der Waals surface area contributed by atoms with Crippen molar-refractivity contribution in [2.24, 2.45) is 5.73 Å². The van der Waals surface area contributed by atoms with E-state index in [4.69, 9.17) is 5.73 Å². The van der Waals surface area contributed by atoms with Gasteiger partial charge < -0.3 is 5.73 Å². The van der Waals surface area contributed by atoms with Gasteiger partial charge in [-0.1, -0.05) is 20.3 Å². The van der Waals surface area contributed by atoms with Gasteiger partial charge in [0.05, 0.1) is 0 Å². The van der Waals surface area contributed by atoms with Crippen LogP contribution in [0.2, 0.25) is 0 Å². The second-order valence-electron chi connectivity index (χ2n) is 3.41. The number of rotatable bonds is 6. The summed E-state index contributed by atoms with van der Waals surface area (Å²) in [7, 11) is -0.668. The van der Waals surface area contributed by atoms with Gasteiger partial charge in [-0.15, -0.1) is 0 Å². The quantitative estimate of drug-likeness (QED) is 0.694. The van der Waals surface area contributed by atoms with E-state index in [1.54, 1.807) is 6.26 Å². The highest BCUT2D eigenvalue weighted by atomic mass is 32.2. The molecule has 0 aromatic carbocycles. The summed E-state index contributed by atoms with van der Waals surface area (Å²) in [6.07, 6.45) is 6.03. The Hall–Kier alpha value is 0.110. The third-order valence-electron chi connectivity index (χ3n) is 2.28. The molecule has 0 spiro atoms. The first kappa shape index (κ1) is 12.1. The van der Waals surface area contributed by atoms with Crippen molar-refractivity contribution in [2.75, 3.05) is 6.26 Å². The van der Waals surface area contributed by atoms with Crippen LogP contribution in [0.1, 0.15) is 39.5 Å². The highest BCUT2D eigenvalue weighted by Gasteiger charge is 2.06. The molecule has 2 N–H and O–H groups in total. The fraction of sp³-hybridized carbons (Fsp3) is 1.00. The molecule has 0 amide bonds. The minimum atomic E-state index is -0.668. The molecular formula is C9H21NOS. The van der Waals surface area contributed by atoms with Crippen LogP contribution < -0.4 is 5.73 Å². The normalized spacial score (nSPS) is 18.7. The van der Waals surface area contributed by atoms with Crippen LogP contribution in [-0.2, 0) is 10.8 Å². The summed E-state index contributed by atoms with van der Waals surface area (Å²) in [5.41, 5.74) is 5.76. The summed E-state index contributed by atoms with van der Waals surface area (Å²) in [5.74, 6) is 0. The van der Waals surface area contributed by atoms with Crippen molar-refractivity contribution in [1.29, 1.82) is 0 Å². The molecule has 12 heavy (non-hydrogen) atoms. The lowest BCUT2D eigenvalue weighted by molar-refractivity contribution is 0.547. The van der Waals surface area contributed by atoms with Gasteiger partial charge in [0.1, 0.15) is 0 Å². The van der Waals surface area contributed by atoms with Crippen LogP contribution in [-0.4, -0.2) is 21.8 Å². The van der Waals surface area contributed by atoms with Gasteiger partial charge >= 0.3 is 0 Å². The fourth-order valence-electron chi connectivity index (χ4n) is 1.04. The van der Waals surface area contributed by atoms with Crippen LogP contribution >= 0.6 is 0 Å². The molecule has 0 aromatic heterocycles. The molecule has 0 aliphatic heterocycles. The Labute approximate surface area is 78.4 Å². The Morgan fingerprint density at radius 1 is 1.42 bits per heavy atom. The van der Waals surface area contributed by atoms with Crippen LogP contribution in [0, 0.1) is 0 Å². The van der Waals surface area contributed by atoms with Gasteiger partial charge in [0.25, 0.3) is 0 Å². The van der Waals surface area contributed by atoms with E-state index in [-0.39, 0.29) is 0 Å². The van der Waals surface area contributed by atoms with Crippen LogP contribution in [0.15, 0.2) is 0 Å².